The van der Waals surface area contributed by atoms with Gasteiger partial charge in [0.25, 0.3) is 0 Å². The maximum Gasteiger partial charge on any atom is 0.343 e. The van der Waals surface area contributed by atoms with Gasteiger partial charge in [0.1, 0.15) is 5.75 Å². The van der Waals surface area contributed by atoms with Crippen LogP contribution in [0.5, 0.6) is 5.75 Å². The number of hydrogen-bond donors (Lipinski definition) is 2. The second-order valence-corrected chi connectivity index (χ2v) is 5.13. The Morgan fingerprint density at radius 2 is 1.43 bits per heavy atom. The zero-order valence-electron chi connectivity index (χ0n) is 12.4. The number of rotatable bonds is 3. The van der Waals surface area contributed by atoms with Crippen LogP contribution in [-0.4, -0.2) is 5.97 Å². The van der Waals surface area contributed by atoms with Crippen molar-refractivity contribution in [3.8, 4) is 16.9 Å². The third-order valence-electron chi connectivity index (χ3n) is 3.44. The number of nitrogens with two attached hydrogens (primary N) is 2. The van der Waals surface area contributed by atoms with Crippen molar-refractivity contribution in [3.63, 3.8) is 0 Å². The van der Waals surface area contributed by atoms with Crippen molar-refractivity contribution in [2.24, 2.45) is 0 Å². The highest BCUT2D eigenvalue weighted by Gasteiger charge is 2.13. The van der Waals surface area contributed by atoms with Crippen LogP contribution in [0.25, 0.3) is 11.1 Å². The van der Waals surface area contributed by atoms with E-state index in [9.17, 15) is 4.79 Å². The van der Waals surface area contributed by atoms with Crippen LogP contribution in [-0.2, 0) is 0 Å². The van der Waals surface area contributed by atoms with Gasteiger partial charge in [-0.05, 0) is 48.0 Å². The molecule has 3 aromatic rings. The Morgan fingerprint density at radius 3 is 2.13 bits per heavy atom. The Bertz CT molecular complexity index is 828. The SMILES string of the molecule is Nc1ccc(C(=O)Oc2ccc(N)cc2-c2ccccc2)cc1. The van der Waals surface area contributed by atoms with Gasteiger partial charge in [-0.25, -0.2) is 4.79 Å². The molecule has 0 saturated carbocycles. The van der Waals surface area contributed by atoms with Crippen molar-refractivity contribution < 1.29 is 9.53 Å². The Labute approximate surface area is 134 Å². The Morgan fingerprint density at radius 1 is 0.783 bits per heavy atom. The molecular weight excluding hydrogens is 288 g/mol. The van der Waals surface area contributed by atoms with Crippen LogP contribution in [0.2, 0.25) is 0 Å². The van der Waals surface area contributed by atoms with Crippen molar-refractivity contribution in [1.29, 1.82) is 0 Å². The fourth-order valence-corrected chi connectivity index (χ4v) is 2.26. The summed E-state index contributed by atoms with van der Waals surface area (Å²) in [6, 6.07) is 21.4. The van der Waals surface area contributed by atoms with Gasteiger partial charge in [-0.2, -0.15) is 0 Å². The summed E-state index contributed by atoms with van der Waals surface area (Å²) >= 11 is 0. The minimum atomic E-state index is -0.438. The highest BCUT2D eigenvalue weighted by Crippen LogP contribution is 2.32. The lowest BCUT2D eigenvalue weighted by Gasteiger charge is -2.11. The molecule has 0 atom stereocenters. The second kappa shape index (κ2) is 6.23. The molecule has 0 heterocycles. The molecular formula is C19H16N2O2. The first-order chi connectivity index (χ1) is 11.1. The normalized spacial score (nSPS) is 10.3. The molecule has 0 aliphatic rings. The predicted molar refractivity (Wildman–Crippen MR) is 92.1 cm³/mol. The highest BCUT2D eigenvalue weighted by atomic mass is 16.5. The fraction of sp³-hybridized carbons (Fsp3) is 0. The smallest absolute Gasteiger partial charge is 0.343 e. The van der Waals surface area contributed by atoms with E-state index in [0.29, 0.717) is 22.7 Å². The Kier molecular flexibility index (Phi) is 3.97. The molecule has 0 aromatic heterocycles. The van der Waals surface area contributed by atoms with E-state index in [1.54, 1.807) is 42.5 Å². The molecule has 4 nitrogen and oxygen atoms in total. The predicted octanol–water partition coefficient (Wildman–Crippen LogP) is 3.74. The van der Waals surface area contributed by atoms with Gasteiger partial charge in [0.2, 0.25) is 0 Å². The summed E-state index contributed by atoms with van der Waals surface area (Å²) in [5.41, 5.74) is 14.8. The van der Waals surface area contributed by atoms with Crippen LogP contribution in [0, 0.1) is 0 Å². The standard InChI is InChI=1S/C19H16N2O2/c20-15-8-6-14(7-9-15)19(22)23-18-11-10-16(21)12-17(18)13-4-2-1-3-5-13/h1-12H,20-21H2. The lowest BCUT2D eigenvalue weighted by molar-refractivity contribution is 0.0735. The van der Waals surface area contributed by atoms with E-state index in [0.717, 1.165) is 11.1 Å². The molecule has 0 unspecified atom stereocenters. The third kappa shape index (κ3) is 3.32. The number of nitrogen functional groups attached to an aromatic ring is 2. The maximum atomic E-state index is 12.3. The molecule has 114 valence electrons. The van der Waals surface area contributed by atoms with Crippen LogP contribution in [0.15, 0.2) is 72.8 Å². The molecule has 0 saturated heterocycles. The van der Waals surface area contributed by atoms with Crippen molar-refractivity contribution in [2.75, 3.05) is 11.5 Å². The van der Waals surface area contributed by atoms with Crippen molar-refractivity contribution >= 4 is 17.3 Å². The number of esters is 1. The average molecular weight is 304 g/mol. The number of carbonyl (C=O) groups excluding carboxylic acids is 1. The van der Waals surface area contributed by atoms with Crippen LogP contribution >= 0.6 is 0 Å². The molecule has 0 fully saturated rings. The van der Waals surface area contributed by atoms with Gasteiger partial charge in [-0.15, -0.1) is 0 Å². The molecule has 0 amide bonds. The molecule has 4 N–H and O–H groups in total. The zero-order valence-corrected chi connectivity index (χ0v) is 12.4. The topological polar surface area (TPSA) is 78.3 Å². The number of carbonyl (C=O) groups is 1. The van der Waals surface area contributed by atoms with Crippen LogP contribution in [0.3, 0.4) is 0 Å². The lowest BCUT2D eigenvalue weighted by Crippen LogP contribution is -2.09. The van der Waals surface area contributed by atoms with Gasteiger partial charge >= 0.3 is 5.97 Å². The quantitative estimate of drug-likeness (QED) is 0.439. The molecule has 0 bridgehead atoms. The van der Waals surface area contributed by atoms with E-state index in [4.69, 9.17) is 16.2 Å². The summed E-state index contributed by atoms with van der Waals surface area (Å²) in [5, 5.41) is 0. The summed E-state index contributed by atoms with van der Waals surface area (Å²) in [6.45, 7) is 0. The van der Waals surface area contributed by atoms with E-state index >= 15 is 0 Å². The van der Waals surface area contributed by atoms with Gasteiger partial charge in [0.15, 0.2) is 0 Å². The van der Waals surface area contributed by atoms with E-state index < -0.39 is 5.97 Å². The van der Waals surface area contributed by atoms with Gasteiger partial charge < -0.3 is 16.2 Å². The maximum absolute atomic E-state index is 12.3. The van der Waals surface area contributed by atoms with E-state index in [1.165, 1.54) is 0 Å². The zero-order chi connectivity index (χ0) is 16.2. The third-order valence-corrected chi connectivity index (χ3v) is 3.44. The largest absolute Gasteiger partial charge is 0.422 e. The number of anilines is 2. The number of ether oxygens (including phenoxy) is 1. The molecule has 23 heavy (non-hydrogen) atoms. The monoisotopic (exact) mass is 304 g/mol. The first-order valence-electron chi connectivity index (χ1n) is 7.16. The molecule has 4 heteroatoms. The fourth-order valence-electron chi connectivity index (χ4n) is 2.26. The summed E-state index contributed by atoms with van der Waals surface area (Å²) < 4.78 is 5.55. The molecule has 3 rings (SSSR count). The van der Waals surface area contributed by atoms with Crippen molar-refractivity contribution in [2.45, 2.75) is 0 Å². The van der Waals surface area contributed by atoms with E-state index in [2.05, 4.69) is 0 Å². The van der Waals surface area contributed by atoms with E-state index in [-0.39, 0.29) is 0 Å². The minimum Gasteiger partial charge on any atom is -0.422 e. The average Bonchev–Trinajstić information content (AvgIpc) is 2.58. The minimum absolute atomic E-state index is 0.438. The summed E-state index contributed by atoms with van der Waals surface area (Å²) in [6.07, 6.45) is 0. The lowest BCUT2D eigenvalue weighted by atomic mass is 10.0. The van der Waals surface area contributed by atoms with Gasteiger partial charge in [-0.3, -0.25) is 0 Å². The van der Waals surface area contributed by atoms with Crippen LogP contribution in [0.4, 0.5) is 11.4 Å². The molecule has 0 spiro atoms. The summed E-state index contributed by atoms with van der Waals surface area (Å²) in [7, 11) is 0. The Balaban J connectivity index is 1.94. The van der Waals surface area contributed by atoms with Crippen molar-refractivity contribution in [3.05, 3.63) is 78.4 Å². The first kappa shape index (κ1) is 14.7. The molecule has 0 radical (unpaired) electrons. The van der Waals surface area contributed by atoms with Gasteiger partial charge in [0.05, 0.1) is 5.56 Å². The molecule has 3 aromatic carbocycles. The number of benzene rings is 3. The van der Waals surface area contributed by atoms with Gasteiger partial charge in [-0.1, -0.05) is 30.3 Å². The Hall–Kier alpha value is -3.27. The second-order valence-electron chi connectivity index (χ2n) is 5.13. The highest BCUT2D eigenvalue weighted by molar-refractivity contribution is 5.92. The first-order valence-corrected chi connectivity index (χ1v) is 7.16. The van der Waals surface area contributed by atoms with Crippen molar-refractivity contribution in [1.82, 2.24) is 0 Å². The summed E-state index contributed by atoms with van der Waals surface area (Å²) in [4.78, 5) is 12.3. The molecule has 0 aliphatic carbocycles. The van der Waals surface area contributed by atoms with E-state index in [1.807, 2.05) is 30.3 Å². The van der Waals surface area contributed by atoms with Crippen LogP contribution in [0.1, 0.15) is 10.4 Å². The van der Waals surface area contributed by atoms with Gasteiger partial charge in [0, 0.05) is 16.9 Å². The summed E-state index contributed by atoms with van der Waals surface area (Å²) in [5.74, 6) is 0.0270. The van der Waals surface area contributed by atoms with Crippen LogP contribution < -0.4 is 16.2 Å². The number of hydrogen-bond acceptors (Lipinski definition) is 4. The molecule has 0 aliphatic heterocycles.